The second-order valence-corrected chi connectivity index (χ2v) is 7.68. The average Bonchev–Trinajstić information content (AvgIpc) is 3.33. The number of aliphatic carboxylic acids is 1. The fourth-order valence-corrected chi connectivity index (χ4v) is 3.71. The summed E-state index contributed by atoms with van der Waals surface area (Å²) in [6.07, 6.45) is -8.61. The zero-order valence-corrected chi connectivity index (χ0v) is 17.0. The highest BCUT2D eigenvalue weighted by Gasteiger charge is 2.45. The van der Waals surface area contributed by atoms with E-state index in [1.165, 1.54) is 11.0 Å². The lowest BCUT2D eigenvalue weighted by atomic mass is 9.87. The van der Waals surface area contributed by atoms with Gasteiger partial charge in [-0.15, -0.1) is 10.2 Å². The predicted octanol–water partition coefficient (Wildman–Crippen LogP) is 3.78. The minimum absolute atomic E-state index is 0.117. The number of nitrogens with two attached hydrogens (primary N) is 1. The van der Waals surface area contributed by atoms with Crippen LogP contribution in [0.4, 0.5) is 30.7 Å². The molecule has 1 aliphatic heterocycles. The van der Waals surface area contributed by atoms with Gasteiger partial charge >= 0.3 is 18.6 Å². The molecule has 0 unspecified atom stereocenters. The van der Waals surface area contributed by atoms with Gasteiger partial charge in [-0.3, -0.25) is 4.79 Å². The normalized spacial score (nSPS) is 21.8. The number of benzene rings is 1. The van der Waals surface area contributed by atoms with Gasteiger partial charge in [0, 0.05) is 42.6 Å². The van der Waals surface area contributed by atoms with Gasteiger partial charge in [0.15, 0.2) is 0 Å². The lowest BCUT2D eigenvalue weighted by Crippen LogP contribution is -2.53. The van der Waals surface area contributed by atoms with Crippen molar-refractivity contribution in [1.82, 2.24) is 15.1 Å². The molecule has 1 saturated carbocycles. The topological polar surface area (TPSA) is 123 Å². The minimum Gasteiger partial charge on any atom is -0.475 e. The molecule has 0 radical (unpaired) electrons. The Bertz CT molecular complexity index is 1070. The maximum atomic E-state index is 13.5. The molecule has 2 aliphatic rings. The summed E-state index contributed by atoms with van der Waals surface area (Å²) in [6, 6.07) is 3.46. The SMILES string of the molecule is N[C@@H]1CC(F)(F)CC[C@H]1N1Cc2ccc(-c3nnc(C(F)F)o3)cc2C1=O.O=C(O)C(F)(F)F. The van der Waals surface area contributed by atoms with Gasteiger partial charge in [0.25, 0.3) is 11.8 Å². The summed E-state index contributed by atoms with van der Waals surface area (Å²) in [5, 5.41) is 14.0. The Labute approximate surface area is 186 Å². The first-order valence-corrected chi connectivity index (χ1v) is 9.69. The first kappa shape index (κ1) is 25.4. The number of fused-ring (bicyclic) bond motifs is 1. The fourth-order valence-electron chi connectivity index (χ4n) is 3.71. The highest BCUT2D eigenvalue weighted by Crippen LogP contribution is 2.38. The molecule has 34 heavy (non-hydrogen) atoms. The summed E-state index contributed by atoms with van der Waals surface area (Å²) in [4.78, 5) is 23.2. The average molecular weight is 498 g/mol. The minimum atomic E-state index is -5.08. The lowest BCUT2D eigenvalue weighted by molar-refractivity contribution is -0.192. The number of carboxylic acids is 1. The molecule has 2 heterocycles. The van der Waals surface area contributed by atoms with Crippen LogP contribution in [0.2, 0.25) is 0 Å². The molecular weight excluding hydrogens is 481 g/mol. The van der Waals surface area contributed by atoms with Gasteiger partial charge in [0.1, 0.15) is 0 Å². The van der Waals surface area contributed by atoms with E-state index in [1.807, 2.05) is 0 Å². The van der Waals surface area contributed by atoms with E-state index in [9.17, 15) is 35.5 Å². The molecule has 1 aromatic carbocycles. The number of carbonyl (C=O) groups excluding carboxylic acids is 1. The Morgan fingerprint density at radius 3 is 2.44 bits per heavy atom. The molecular formula is C19H17F7N4O4. The van der Waals surface area contributed by atoms with Crippen LogP contribution in [0.25, 0.3) is 11.5 Å². The van der Waals surface area contributed by atoms with Crippen molar-refractivity contribution in [1.29, 1.82) is 0 Å². The number of carbonyl (C=O) groups is 2. The van der Waals surface area contributed by atoms with Crippen molar-refractivity contribution in [2.24, 2.45) is 5.73 Å². The van der Waals surface area contributed by atoms with Gasteiger partial charge in [-0.05, 0) is 24.1 Å². The van der Waals surface area contributed by atoms with Gasteiger partial charge in [0.2, 0.25) is 11.8 Å². The first-order chi connectivity index (χ1) is 15.7. The largest absolute Gasteiger partial charge is 0.490 e. The summed E-state index contributed by atoms with van der Waals surface area (Å²) in [5.41, 5.74) is 7.31. The Kier molecular flexibility index (Phi) is 6.87. The van der Waals surface area contributed by atoms with Crippen LogP contribution in [0.3, 0.4) is 0 Å². The third kappa shape index (κ3) is 5.46. The third-order valence-corrected chi connectivity index (χ3v) is 5.29. The first-order valence-electron chi connectivity index (χ1n) is 9.69. The monoisotopic (exact) mass is 498 g/mol. The molecule has 15 heteroatoms. The Hall–Kier alpha value is -3.23. The second kappa shape index (κ2) is 9.19. The van der Waals surface area contributed by atoms with Crippen molar-refractivity contribution in [3.05, 3.63) is 35.2 Å². The van der Waals surface area contributed by atoms with Crippen molar-refractivity contribution in [2.45, 2.75) is 56.4 Å². The van der Waals surface area contributed by atoms with E-state index in [2.05, 4.69) is 10.2 Å². The summed E-state index contributed by atoms with van der Waals surface area (Å²) in [5.74, 6) is -6.81. The number of alkyl halides is 7. The molecule has 4 rings (SSSR count). The number of hydrogen-bond acceptors (Lipinski definition) is 6. The van der Waals surface area contributed by atoms with Gasteiger partial charge in [-0.1, -0.05) is 6.07 Å². The van der Waals surface area contributed by atoms with Crippen molar-refractivity contribution in [2.75, 3.05) is 0 Å². The van der Waals surface area contributed by atoms with E-state index < -0.39 is 48.9 Å². The Morgan fingerprint density at radius 2 is 1.91 bits per heavy atom. The maximum Gasteiger partial charge on any atom is 0.490 e. The predicted molar refractivity (Wildman–Crippen MR) is 98.8 cm³/mol. The zero-order valence-electron chi connectivity index (χ0n) is 17.0. The summed E-state index contributed by atoms with van der Waals surface area (Å²) >= 11 is 0. The number of halogens is 7. The number of hydrogen-bond donors (Lipinski definition) is 2. The smallest absolute Gasteiger partial charge is 0.475 e. The van der Waals surface area contributed by atoms with Crippen LogP contribution in [0, 0.1) is 0 Å². The second-order valence-electron chi connectivity index (χ2n) is 7.68. The standard InChI is InChI=1S/C17H16F4N4O2.C2HF3O2/c18-13(19)15-24-23-14(27-15)8-1-2-9-7-25(16(26)10(9)5-8)12-3-4-17(20,21)6-11(12)22;3-2(4,5)1(6)7/h1-2,5,11-13H,3-4,6-7,22H2;(H,6,7)/t11-,12-;/m1./s1. The van der Waals surface area contributed by atoms with Crippen LogP contribution < -0.4 is 5.73 Å². The third-order valence-electron chi connectivity index (χ3n) is 5.29. The van der Waals surface area contributed by atoms with Crippen molar-refractivity contribution in [3.63, 3.8) is 0 Å². The molecule has 8 nitrogen and oxygen atoms in total. The molecule has 0 saturated heterocycles. The summed E-state index contributed by atoms with van der Waals surface area (Å²) in [6.45, 7) is 0.268. The molecule has 2 atom stereocenters. The van der Waals surface area contributed by atoms with E-state index in [-0.39, 0.29) is 31.2 Å². The van der Waals surface area contributed by atoms with Gasteiger partial charge in [-0.25, -0.2) is 13.6 Å². The lowest BCUT2D eigenvalue weighted by Gasteiger charge is -2.39. The van der Waals surface area contributed by atoms with Crippen LogP contribution in [0.5, 0.6) is 0 Å². The van der Waals surface area contributed by atoms with Crippen LogP contribution in [0.15, 0.2) is 22.6 Å². The molecule has 1 aliphatic carbocycles. The number of aromatic nitrogens is 2. The highest BCUT2D eigenvalue weighted by molar-refractivity contribution is 5.99. The Balaban J connectivity index is 0.000000406. The number of nitrogens with zero attached hydrogens (tertiary/aromatic N) is 3. The van der Waals surface area contributed by atoms with Gasteiger partial charge < -0.3 is 20.2 Å². The summed E-state index contributed by atoms with van der Waals surface area (Å²) in [7, 11) is 0. The van der Waals surface area contributed by atoms with Crippen molar-refractivity contribution >= 4 is 11.9 Å². The van der Waals surface area contributed by atoms with Gasteiger partial charge in [-0.2, -0.15) is 22.0 Å². The number of rotatable bonds is 3. The number of carboxylic acid groups (broad SMARTS) is 1. The molecule has 0 bridgehead atoms. The molecule has 3 N–H and O–H groups in total. The van der Waals surface area contributed by atoms with Gasteiger partial charge in [0.05, 0.1) is 0 Å². The summed E-state index contributed by atoms with van der Waals surface area (Å²) < 4.78 is 88.9. The van der Waals surface area contributed by atoms with Crippen LogP contribution in [-0.4, -0.2) is 56.3 Å². The maximum absolute atomic E-state index is 13.5. The fraction of sp³-hybridized carbons (Fsp3) is 0.474. The van der Waals surface area contributed by atoms with Crippen LogP contribution >= 0.6 is 0 Å². The number of amides is 1. The molecule has 1 fully saturated rings. The molecule has 1 aromatic heterocycles. The van der Waals surface area contributed by atoms with Crippen LogP contribution in [-0.2, 0) is 11.3 Å². The Morgan fingerprint density at radius 1 is 1.26 bits per heavy atom. The quantitative estimate of drug-likeness (QED) is 0.618. The molecule has 0 spiro atoms. The van der Waals surface area contributed by atoms with E-state index in [0.29, 0.717) is 16.7 Å². The van der Waals surface area contributed by atoms with E-state index in [1.54, 1.807) is 12.1 Å². The van der Waals surface area contributed by atoms with E-state index in [0.717, 1.165) is 0 Å². The van der Waals surface area contributed by atoms with E-state index >= 15 is 0 Å². The van der Waals surface area contributed by atoms with E-state index in [4.69, 9.17) is 20.1 Å². The zero-order chi connectivity index (χ0) is 25.4. The van der Waals surface area contributed by atoms with Crippen molar-refractivity contribution in [3.8, 4) is 11.5 Å². The van der Waals surface area contributed by atoms with Crippen LogP contribution in [0.1, 0.15) is 47.5 Å². The highest BCUT2D eigenvalue weighted by atomic mass is 19.4. The molecule has 2 aromatic rings. The molecule has 186 valence electrons. The van der Waals surface area contributed by atoms with Crippen molar-refractivity contribution < 1.29 is 49.8 Å². The molecule has 1 amide bonds.